The Morgan fingerprint density at radius 1 is 1.24 bits per heavy atom. The van der Waals surface area contributed by atoms with Crippen LogP contribution in [0.3, 0.4) is 0 Å². The average Bonchev–Trinajstić information content (AvgIpc) is 3.02. The molecule has 0 radical (unpaired) electrons. The highest BCUT2D eigenvalue weighted by atomic mass is 16.4. The zero-order valence-electron chi connectivity index (χ0n) is 13.6. The smallest absolute Gasteiger partial charge is 0.327 e. The van der Waals surface area contributed by atoms with Gasteiger partial charge in [-0.15, -0.1) is 0 Å². The number of aromatic amines is 1. The van der Waals surface area contributed by atoms with E-state index < -0.39 is 41.9 Å². The lowest BCUT2D eigenvalue weighted by atomic mass is 10.1. The molecule has 0 bridgehead atoms. The monoisotopic (exact) mass is 355 g/mol. The number of carboxylic acid groups (broad SMARTS) is 2. The number of carbonyl (C=O) groups excluding carboxylic acids is 2. The summed E-state index contributed by atoms with van der Waals surface area (Å²) in [5.74, 6) is -3.86. The fraction of sp³-hybridized carbons (Fsp3) is 0.500. The third-order valence-corrected chi connectivity index (χ3v) is 3.42. The Kier molecular flexibility index (Phi) is 7.53. The van der Waals surface area contributed by atoms with E-state index in [1.54, 1.807) is 0 Å². The van der Waals surface area contributed by atoms with Crippen molar-refractivity contribution in [2.24, 2.45) is 5.73 Å². The Bertz CT molecular complexity index is 617. The molecule has 11 heteroatoms. The maximum Gasteiger partial charge on any atom is 0.327 e. The van der Waals surface area contributed by atoms with Crippen LogP contribution >= 0.6 is 0 Å². The van der Waals surface area contributed by atoms with Gasteiger partial charge < -0.3 is 26.2 Å². The first-order valence-corrected chi connectivity index (χ1v) is 7.47. The van der Waals surface area contributed by atoms with E-state index in [-0.39, 0.29) is 19.3 Å². The van der Waals surface area contributed by atoms with Crippen molar-refractivity contribution in [2.75, 3.05) is 0 Å². The molecule has 0 aromatic carbocycles. The summed E-state index contributed by atoms with van der Waals surface area (Å²) in [5, 5.41) is 23.5. The number of hydrogen-bond acceptors (Lipinski definition) is 6. The number of H-pyrrole nitrogens is 1. The van der Waals surface area contributed by atoms with Crippen molar-refractivity contribution in [1.29, 1.82) is 0 Å². The highest BCUT2D eigenvalue weighted by Crippen LogP contribution is 2.03. The van der Waals surface area contributed by atoms with E-state index in [1.807, 2.05) is 0 Å². The predicted molar refractivity (Wildman–Crippen MR) is 84.3 cm³/mol. The van der Waals surface area contributed by atoms with Gasteiger partial charge in [-0.25, -0.2) is 9.78 Å². The van der Waals surface area contributed by atoms with E-state index >= 15 is 0 Å². The quantitative estimate of drug-likeness (QED) is 0.268. The van der Waals surface area contributed by atoms with E-state index in [1.165, 1.54) is 19.4 Å². The third-order valence-electron chi connectivity index (χ3n) is 3.42. The fourth-order valence-electron chi connectivity index (χ4n) is 2.13. The summed E-state index contributed by atoms with van der Waals surface area (Å²) in [7, 11) is 0. The standard InChI is InChI=1S/C14H21N5O6/c1-7(12(14(24)25)19-11(21)3-2-10(15)20)18-9(13(22)23)4-8-5-16-6-17-8/h5-7,9,12,18H,2-4H2,1H3,(H2,15,20)(H,16,17)(H,19,21)(H,22,23)(H,24,25)/t7-,9+,12+/m1/s1. The number of nitrogens with two attached hydrogens (primary N) is 1. The molecule has 1 aromatic heterocycles. The lowest BCUT2D eigenvalue weighted by Gasteiger charge is -2.25. The van der Waals surface area contributed by atoms with E-state index in [4.69, 9.17) is 5.73 Å². The number of carbonyl (C=O) groups is 4. The molecule has 1 heterocycles. The summed E-state index contributed by atoms with van der Waals surface area (Å²) in [5.41, 5.74) is 5.49. The number of aromatic nitrogens is 2. The number of carboxylic acids is 2. The number of nitrogens with one attached hydrogen (secondary N) is 3. The van der Waals surface area contributed by atoms with Crippen molar-refractivity contribution in [2.45, 2.75) is 44.3 Å². The molecule has 25 heavy (non-hydrogen) atoms. The highest BCUT2D eigenvalue weighted by Gasteiger charge is 2.30. The van der Waals surface area contributed by atoms with Crippen molar-refractivity contribution >= 4 is 23.8 Å². The minimum absolute atomic E-state index is 0.0572. The molecule has 1 aromatic rings. The first-order chi connectivity index (χ1) is 11.7. The lowest BCUT2D eigenvalue weighted by molar-refractivity contribution is -0.144. The number of imidazole rings is 1. The first kappa shape index (κ1) is 20.1. The molecule has 138 valence electrons. The Morgan fingerprint density at radius 2 is 1.92 bits per heavy atom. The molecule has 0 fully saturated rings. The van der Waals surface area contributed by atoms with Gasteiger partial charge in [0.25, 0.3) is 0 Å². The maximum atomic E-state index is 11.7. The van der Waals surface area contributed by atoms with Gasteiger partial charge in [-0.3, -0.25) is 19.7 Å². The summed E-state index contributed by atoms with van der Waals surface area (Å²) in [6, 6.07) is -3.34. The van der Waals surface area contributed by atoms with Gasteiger partial charge in [-0.2, -0.15) is 0 Å². The van der Waals surface area contributed by atoms with Crippen LogP contribution in [0.4, 0.5) is 0 Å². The van der Waals surface area contributed by atoms with Crippen molar-refractivity contribution in [3.63, 3.8) is 0 Å². The summed E-state index contributed by atoms with van der Waals surface area (Å²) in [6.45, 7) is 1.44. The second-order valence-corrected chi connectivity index (χ2v) is 5.48. The average molecular weight is 355 g/mol. The number of rotatable bonds is 11. The molecular formula is C14H21N5O6. The van der Waals surface area contributed by atoms with Crippen molar-refractivity contribution in [3.8, 4) is 0 Å². The van der Waals surface area contributed by atoms with Gasteiger partial charge in [0.05, 0.1) is 6.33 Å². The molecule has 0 aliphatic carbocycles. The number of amides is 2. The highest BCUT2D eigenvalue weighted by molar-refractivity contribution is 5.86. The van der Waals surface area contributed by atoms with Crippen LogP contribution in [0.25, 0.3) is 0 Å². The third kappa shape index (κ3) is 6.99. The van der Waals surface area contributed by atoms with Crippen LogP contribution in [-0.2, 0) is 25.6 Å². The van der Waals surface area contributed by atoms with E-state index in [9.17, 15) is 29.4 Å². The molecular weight excluding hydrogens is 334 g/mol. The molecule has 0 unspecified atom stereocenters. The second kappa shape index (κ2) is 9.37. The van der Waals surface area contributed by atoms with Gasteiger partial charge in [0, 0.05) is 37.2 Å². The van der Waals surface area contributed by atoms with Gasteiger partial charge >= 0.3 is 11.9 Å². The van der Waals surface area contributed by atoms with E-state index in [0.29, 0.717) is 5.69 Å². The van der Waals surface area contributed by atoms with Gasteiger partial charge in [0.1, 0.15) is 12.1 Å². The lowest BCUT2D eigenvalue weighted by Crippen LogP contribution is -2.57. The van der Waals surface area contributed by atoms with E-state index in [0.717, 1.165) is 0 Å². The van der Waals surface area contributed by atoms with Crippen LogP contribution in [-0.4, -0.2) is 62.1 Å². The summed E-state index contributed by atoms with van der Waals surface area (Å²) < 4.78 is 0. The van der Waals surface area contributed by atoms with Crippen LogP contribution in [0.2, 0.25) is 0 Å². The molecule has 1 rings (SSSR count). The number of aliphatic carboxylic acids is 2. The molecule has 0 aliphatic rings. The van der Waals surface area contributed by atoms with Gasteiger partial charge in [-0.05, 0) is 6.92 Å². The van der Waals surface area contributed by atoms with Crippen LogP contribution in [0.15, 0.2) is 12.5 Å². The van der Waals surface area contributed by atoms with Crippen molar-refractivity contribution in [3.05, 3.63) is 18.2 Å². The van der Waals surface area contributed by atoms with Crippen LogP contribution in [0.5, 0.6) is 0 Å². The molecule has 3 atom stereocenters. The molecule has 0 spiro atoms. The molecule has 0 saturated heterocycles. The Balaban J connectivity index is 2.71. The zero-order valence-corrected chi connectivity index (χ0v) is 13.6. The topological polar surface area (TPSA) is 188 Å². The Morgan fingerprint density at radius 3 is 2.40 bits per heavy atom. The van der Waals surface area contributed by atoms with E-state index in [2.05, 4.69) is 20.6 Å². The largest absolute Gasteiger partial charge is 0.480 e. The summed E-state index contributed by atoms with van der Waals surface area (Å²) >= 11 is 0. The molecule has 7 N–H and O–H groups in total. The number of primary amides is 1. The minimum Gasteiger partial charge on any atom is -0.480 e. The summed E-state index contributed by atoms with van der Waals surface area (Å²) in [6.07, 6.45) is 2.46. The molecule has 2 amide bonds. The molecule has 11 nitrogen and oxygen atoms in total. The molecule has 0 aliphatic heterocycles. The number of hydrogen-bond donors (Lipinski definition) is 6. The van der Waals surface area contributed by atoms with Crippen LogP contribution in [0.1, 0.15) is 25.5 Å². The Hall–Kier alpha value is -2.95. The molecule has 0 saturated carbocycles. The minimum atomic E-state index is -1.37. The fourth-order valence-corrected chi connectivity index (χ4v) is 2.13. The zero-order chi connectivity index (χ0) is 19.0. The second-order valence-electron chi connectivity index (χ2n) is 5.48. The normalized spacial score (nSPS) is 14.3. The SMILES string of the molecule is C[C@@H](N[C@@H](Cc1cnc[nH]1)C(=O)O)[C@H](NC(=O)CCC(N)=O)C(=O)O. The van der Waals surface area contributed by atoms with Crippen molar-refractivity contribution in [1.82, 2.24) is 20.6 Å². The first-order valence-electron chi connectivity index (χ1n) is 7.47. The van der Waals surface area contributed by atoms with Crippen LogP contribution in [0, 0.1) is 0 Å². The number of nitrogens with zero attached hydrogens (tertiary/aromatic N) is 1. The Labute approximate surface area is 143 Å². The van der Waals surface area contributed by atoms with Gasteiger partial charge in [-0.1, -0.05) is 0 Å². The summed E-state index contributed by atoms with van der Waals surface area (Å²) in [4.78, 5) is 51.7. The van der Waals surface area contributed by atoms with Gasteiger partial charge in [0.15, 0.2) is 0 Å². The maximum absolute atomic E-state index is 11.7. The van der Waals surface area contributed by atoms with Gasteiger partial charge in [0.2, 0.25) is 11.8 Å². The predicted octanol–water partition coefficient (Wildman–Crippen LogP) is -1.78. The van der Waals surface area contributed by atoms with Crippen molar-refractivity contribution < 1.29 is 29.4 Å². The van der Waals surface area contributed by atoms with Crippen LogP contribution < -0.4 is 16.4 Å².